The van der Waals surface area contributed by atoms with Crippen molar-refractivity contribution in [2.75, 3.05) is 7.11 Å². The van der Waals surface area contributed by atoms with Crippen LogP contribution >= 0.6 is 0 Å². The predicted molar refractivity (Wildman–Crippen MR) is 76.3 cm³/mol. The Morgan fingerprint density at radius 3 is 2.95 bits per heavy atom. The van der Waals surface area contributed by atoms with Crippen LogP contribution in [0.4, 0.5) is 4.39 Å². The molecule has 1 aromatic carbocycles. The Morgan fingerprint density at radius 1 is 1.45 bits per heavy atom. The molecule has 108 valence electrons. The maximum absolute atomic E-state index is 14.1. The topological polar surface area (TPSA) is 53.1 Å². The Hall–Kier alpha value is -1.88. The molecule has 0 aliphatic rings. The first-order valence-corrected chi connectivity index (χ1v) is 6.71. The summed E-state index contributed by atoms with van der Waals surface area (Å²) in [6, 6.07) is 5.25. The zero-order valence-electron chi connectivity index (χ0n) is 11.8. The molecule has 2 rings (SSSR count). The van der Waals surface area contributed by atoms with Crippen LogP contribution in [-0.4, -0.2) is 22.7 Å². The van der Waals surface area contributed by atoms with Crippen molar-refractivity contribution in [1.29, 1.82) is 0 Å². The number of aromatic nitrogens is 2. The fourth-order valence-electron chi connectivity index (χ4n) is 2.04. The molecule has 0 aliphatic heterocycles. The van der Waals surface area contributed by atoms with Gasteiger partial charge in [-0.1, -0.05) is 19.1 Å². The highest BCUT2D eigenvalue weighted by Gasteiger charge is 2.10. The summed E-state index contributed by atoms with van der Waals surface area (Å²) in [6.45, 7) is 2.48. The Labute approximate surface area is 118 Å². The summed E-state index contributed by atoms with van der Waals surface area (Å²) in [5.41, 5.74) is 7.41. The molecule has 2 aromatic rings. The van der Waals surface area contributed by atoms with Gasteiger partial charge in [-0.25, -0.2) is 9.37 Å². The van der Waals surface area contributed by atoms with Crippen molar-refractivity contribution in [2.24, 2.45) is 5.73 Å². The number of nitrogens with two attached hydrogens (primary N) is 1. The summed E-state index contributed by atoms with van der Waals surface area (Å²) in [5, 5.41) is 0. The van der Waals surface area contributed by atoms with E-state index in [-0.39, 0.29) is 17.6 Å². The summed E-state index contributed by atoms with van der Waals surface area (Å²) >= 11 is 0. The average Bonchev–Trinajstić information content (AvgIpc) is 2.88. The average molecular weight is 277 g/mol. The van der Waals surface area contributed by atoms with Crippen LogP contribution in [0.1, 0.15) is 24.6 Å². The van der Waals surface area contributed by atoms with Crippen molar-refractivity contribution >= 4 is 0 Å². The number of hydrogen-bond donors (Lipinski definition) is 1. The van der Waals surface area contributed by atoms with E-state index in [1.807, 2.05) is 17.7 Å². The molecular formula is C15H20FN3O. The third-order valence-corrected chi connectivity index (χ3v) is 3.30. The smallest absolute Gasteiger partial charge is 0.170 e. The van der Waals surface area contributed by atoms with Gasteiger partial charge in [-0.05, 0) is 12.5 Å². The third kappa shape index (κ3) is 3.36. The normalized spacial score (nSPS) is 12.4. The molecule has 0 radical (unpaired) electrons. The van der Waals surface area contributed by atoms with Gasteiger partial charge < -0.3 is 15.0 Å². The van der Waals surface area contributed by atoms with E-state index in [9.17, 15) is 4.39 Å². The zero-order chi connectivity index (χ0) is 14.5. The number of nitrogens with zero attached hydrogens (tertiary/aromatic N) is 2. The van der Waals surface area contributed by atoms with Gasteiger partial charge in [0.1, 0.15) is 0 Å². The lowest BCUT2D eigenvalue weighted by atomic mass is 10.1. The molecule has 0 amide bonds. The molecule has 1 heterocycles. The number of hydrogen-bond acceptors (Lipinski definition) is 3. The van der Waals surface area contributed by atoms with E-state index in [2.05, 4.69) is 4.98 Å². The summed E-state index contributed by atoms with van der Waals surface area (Å²) < 4.78 is 20.9. The highest BCUT2D eigenvalue weighted by molar-refractivity contribution is 5.31. The summed E-state index contributed by atoms with van der Waals surface area (Å²) in [6.07, 6.45) is 5.27. The fraction of sp³-hybridized carbons (Fsp3) is 0.400. The third-order valence-electron chi connectivity index (χ3n) is 3.30. The predicted octanol–water partition coefficient (Wildman–Crippen LogP) is 2.36. The second-order valence-electron chi connectivity index (χ2n) is 4.84. The van der Waals surface area contributed by atoms with Gasteiger partial charge >= 0.3 is 0 Å². The zero-order valence-corrected chi connectivity index (χ0v) is 11.8. The molecule has 2 N–H and O–H groups in total. The standard InChI is InChI=1S/C15H20FN3O/c1-3-12(17)7-13-9-19(10-18-13)8-11-5-4-6-14(20-2)15(11)16/h4-6,9-10,12H,3,7-8,17H2,1-2H3. The Kier molecular flexibility index (Phi) is 4.74. The van der Waals surface area contributed by atoms with Gasteiger partial charge in [-0.3, -0.25) is 0 Å². The van der Waals surface area contributed by atoms with Crippen LogP contribution in [0.15, 0.2) is 30.7 Å². The van der Waals surface area contributed by atoms with Gasteiger partial charge in [0.25, 0.3) is 0 Å². The van der Waals surface area contributed by atoms with Gasteiger partial charge in [-0.2, -0.15) is 0 Å². The Morgan fingerprint density at radius 2 is 2.25 bits per heavy atom. The van der Waals surface area contributed by atoms with Crippen molar-refractivity contribution < 1.29 is 9.13 Å². The molecule has 0 spiro atoms. The summed E-state index contributed by atoms with van der Waals surface area (Å²) in [7, 11) is 1.46. The number of rotatable bonds is 6. The Balaban J connectivity index is 2.11. The minimum Gasteiger partial charge on any atom is -0.494 e. The van der Waals surface area contributed by atoms with Crippen LogP contribution in [0, 0.1) is 5.82 Å². The monoisotopic (exact) mass is 277 g/mol. The quantitative estimate of drug-likeness (QED) is 0.882. The lowest BCUT2D eigenvalue weighted by molar-refractivity contribution is 0.383. The number of ether oxygens (including phenoxy) is 1. The molecule has 0 bridgehead atoms. The van der Waals surface area contributed by atoms with Crippen LogP contribution in [0.2, 0.25) is 0 Å². The number of benzene rings is 1. The van der Waals surface area contributed by atoms with Gasteiger partial charge in [0.15, 0.2) is 11.6 Å². The molecule has 5 heteroatoms. The van der Waals surface area contributed by atoms with E-state index in [1.165, 1.54) is 7.11 Å². The maximum atomic E-state index is 14.1. The molecule has 1 aromatic heterocycles. The minimum absolute atomic E-state index is 0.118. The minimum atomic E-state index is -0.324. The van der Waals surface area contributed by atoms with Gasteiger partial charge in [0, 0.05) is 24.2 Å². The molecule has 0 aliphatic carbocycles. The Bertz CT molecular complexity index is 568. The second kappa shape index (κ2) is 6.52. The van der Waals surface area contributed by atoms with Crippen LogP contribution in [-0.2, 0) is 13.0 Å². The van der Waals surface area contributed by atoms with Crippen LogP contribution in [0.3, 0.4) is 0 Å². The van der Waals surface area contributed by atoms with Crippen LogP contribution < -0.4 is 10.5 Å². The molecule has 0 saturated heterocycles. The molecular weight excluding hydrogens is 257 g/mol. The molecule has 0 fully saturated rings. The first-order valence-electron chi connectivity index (χ1n) is 6.71. The van der Waals surface area contributed by atoms with Gasteiger partial charge in [-0.15, -0.1) is 0 Å². The molecule has 1 atom stereocenters. The van der Waals surface area contributed by atoms with E-state index in [4.69, 9.17) is 10.5 Å². The molecule has 0 saturated carbocycles. The number of halogens is 1. The van der Waals surface area contributed by atoms with Crippen molar-refractivity contribution in [3.8, 4) is 5.75 Å². The highest BCUT2D eigenvalue weighted by Crippen LogP contribution is 2.20. The number of methoxy groups -OCH3 is 1. The first kappa shape index (κ1) is 14.5. The van der Waals surface area contributed by atoms with Crippen molar-refractivity contribution in [3.05, 3.63) is 47.8 Å². The van der Waals surface area contributed by atoms with Crippen molar-refractivity contribution in [1.82, 2.24) is 9.55 Å². The van der Waals surface area contributed by atoms with E-state index < -0.39 is 0 Å². The largest absolute Gasteiger partial charge is 0.494 e. The first-order chi connectivity index (χ1) is 9.63. The maximum Gasteiger partial charge on any atom is 0.170 e. The fourth-order valence-corrected chi connectivity index (χ4v) is 2.04. The van der Waals surface area contributed by atoms with Gasteiger partial charge in [0.05, 0.1) is 25.7 Å². The molecule has 4 nitrogen and oxygen atoms in total. The van der Waals surface area contributed by atoms with E-state index in [0.29, 0.717) is 12.1 Å². The van der Waals surface area contributed by atoms with E-state index in [0.717, 1.165) is 18.5 Å². The SMILES string of the molecule is CCC(N)Cc1cn(Cc2cccc(OC)c2F)cn1. The van der Waals surface area contributed by atoms with Crippen molar-refractivity contribution in [3.63, 3.8) is 0 Å². The summed E-state index contributed by atoms with van der Waals surface area (Å²) in [4.78, 5) is 4.30. The second-order valence-corrected chi connectivity index (χ2v) is 4.84. The number of imidazole rings is 1. The summed E-state index contributed by atoms with van der Waals surface area (Å²) in [5.74, 6) is -0.0636. The molecule has 20 heavy (non-hydrogen) atoms. The lowest BCUT2D eigenvalue weighted by Gasteiger charge is -2.08. The molecule has 1 unspecified atom stereocenters. The highest BCUT2D eigenvalue weighted by atomic mass is 19.1. The van der Waals surface area contributed by atoms with Crippen LogP contribution in [0.5, 0.6) is 5.75 Å². The van der Waals surface area contributed by atoms with Crippen LogP contribution in [0.25, 0.3) is 0 Å². The van der Waals surface area contributed by atoms with Gasteiger partial charge in [0.2, 0.25) is 0 Å². The lowest BCUT2D eigenvalue weighted by Crippen LogP contribution is -2.21. The van der Waals surface area contributed by atoms with E-state index in [1.54, 1.807) is 24.5 Å². The van der Waals surface area contributed by atoms with Crippen molar-refractivity contribution in [2.45, 2.75) is 32.4 Å². The van der Waals surface area contributed by atoms with E-state index >= 15 is 0 Å².